The van der Waals surface area contributed by atoms with Crippen LogP contribution >= 0.6 is 0 Å². The molecular formula is C29H35FN2O4. The summed E-state index contributed by atoms with van der Waals surface area (Å²) in [4.78, 5) is 24.7. The van der Waals surface area contributed by atoms with Crippen LogP contribution in [0.2, 0.25) is 0 Å². The molecule has 36 heavy (non-hydrogen) atoms. The lowest BCUT2D eigenvalue weighted by Gasteiger charge is -2.47. The first-order valence-corrected chi connectivity index (χ1v) is 13.2. The lowest BCUT2D eigenvalue weighted by molar-refractivity contribution is -0.144. The maximum absolute atomic E-state index is 13.6. The number of hydrogen-bond donors (Lipinski definition) is 2. The minimum absolute atomic E-state index is 0.0791. The van der Waals surface area contributed by atoms with Gasteiger partial charge in [0.25, 0.3) is 0 Å². The van der Waals surface area contributed by atoms with Crippen molar-refractivity contribution in [1.29, 1.82) is 0 Å². The first kappa shape index (κ1) is 24.6. The molecule has 3 fully saturated rings. The van der Waals surface area contributed by atoms with Gasteiger partial charge in [-0.15, -0.1) is 0 Å². The summed E-state index contributed by atoms with van der Waals surface area (Å²) in [5.74, 6) is 0.795. The van der Waals surface area contributed by atoms with Crippen LogP contribution < -0.4 is 10.6 Å². The second-order valence-corrected chi connectivity index (χ2v) is 10.5. The molecule has 7 heteroatoms. The summed E-state index contributed by atoms with van der Waals surface area (Å²) in [5, 5.41) is 6.45. The number of dihydropyridines is 1. The van der Waals surface area contributed by atoms with Crippen LogP contribution in [0.3, 0.4) is 0 Å². The summed E-state index contributed by atoms with van der Waals surface area (Å²) in [5.41, 5.74) is 2.92. The Kier molecular flexibility index (Phi) is 7.17. The number of alkyl carbamates (subject to hydrolysis) is 1. The number of amides is 1. The van der Waals surface area contributed by atoms with E-state index in [1.165, 1.54) is 6.07 Å². The fourth-order valence-corrected chi connectivity index (χ4v) is 6.81. The van der Waals surface area contributed by atoms with E-state index in [0.717, 1.165) is 42.5 Å². The van der Waals surface area contributed by atoms with Gasteiger partial charge in [-0.25, -0.2) is 9.18 Å². The monoisotopic (exact) mass is 494 g/mol. The molecule has 2 heterocycles. The fourth-order valence-electron chi connectivity index (χ4n) is 6.81. The van der Waals surface area contributed by atoms with Crippen LogP contribution in [0.25, 0.3) is 5.57 Å². The number of rotatable bonds is 5. The molecule has 5 rings (SSSR count). The molecule has 1 amide bonds. The van der Waals surface area contributed by atoms with Gasteiger partial charge in [-0.05, 0) is 92.7 Å². The number of halogens is 1. The van der Waals surface area contributed by atoms with E-state index < -0.39 is 0 Å². The quantitative estimate of drug-likeness (QED) is 0.565. The smallest absolute Gasteiger partial charge is 0.407 e. The van der Waals surface area contributed by atoms with E-state index in [9.17, 15) is 14.0 Å². The Hall–Kier alpha value is -3.09. The van der Waals surface area contributed by atoms with Crippen molar-refractivity contribution >= 4 is 17.6 Å². The van der Waals surface area contributed by atoms with Crippen LogP contribution in [0.4, 0.5) is 9.18 Å². The Bertz CT molecular complexity index is 1100. The highest BCUT2D eigenvalue weighted by atomic mass is 19.1. The molecule has 0 bridgehead atoms. The topological polar surface area (TPSA) is 76.7 Å². The molecule has 0 radical (unpaired) electrons. The molecular weight excluding hydrogens is 459 g/mol. The summed E-state index contributed by atoms with van der Waals surface area (Å²) in [6.07, 6.45) is 11.6. The largest absolute Gasteiger partial charge is 0.462 e. The normalized spacial score (nSPS) is 33.5. The van der Waals surface area contributed by atoms with Gasteiger partial charge < -0.3 is 20.1 Å². The highest BCUT2D eigenvalue weighted by Gasteiger charge is 2.54. The van der Waals surface area contributed by atoms with Crippen LogP contribution in [0.5, 0.6) is 0 Å². The molecule has 0 unspecified atom stereocenters. The number of nitrogens with one attached hydrogen (secondary N) is 2. The lowest BCUT2D eigenvalue weighted by Crippen LogP contribution is -2.48. The Morgan fingerprint density at radius 3 is 2.89 bits per heavy atom. The summed E-state index contributed by atoms with van der Waals surface area (Å²) in [6, 6.07) is 6.72. The van der Waals surface area contributed by atoms with Gasteiger partial charge in [0.2, 0.25) is 0 Å². The molecule has 2 N–H and O–H groups in total. The summed E-state index contributed by atoms with van der Waals surface area (Å²) >= 11 is 0. The van der Waals surface area contributed by atoms with Gasteiger partial charge in [0.1, 0.15) is 11.9 Å². The molecule has 0 spiro atoms. The first-order chi connectivity index (χ1) is 17.4. The Balaban J connectivity index is 1.33. The Morgan fingerprint density at radius 1 is 1.28 bits per heavy atom. The van der Waals surface area contributed by atoms with Gasteiger partial charge in [0, 0.05) is 24.2 Å². The zero-order valence-electron chi connectivity index (χ0n) is 20.9. The van der Waals surface area contributed by atoms with Crippen molar-refractivity contribution in [3.05, 3.63) is 65.6 Å². The van der Waals surface area contributed by atoms with Crippen molar-refractivity contribution in [2.24, 2.45) is 29.6 Å². The number of ether oxygens (including phenoxy) is 2. The van der Waals surface area contributed by atoms with Crippen molar-refractivity contribution in [1.82, 2.24) is 10.6 Å². The second kappa shape index (κ2) is 10.5. The molecule has 1 aromatic rings. The lowest BCUT2D eigenvalue weighted by atomic mass is 9.57. The maximum atomic E-state index is 13.6. The van der Waals surface area contributed by atoms with Gasteiger partial charge >= 0.3 is 12.1 Å². The van der Waals surface area contributed by atoms with E-state index in [0.29, 0.717) is 25.0 Å². The van der Waals surface area contributed by atoms with Crippen LogP contribution in [0, 0.1) is 35.4 Å². The van der Waals surface area contributed by atoms with E-state index in [1.54, 1.807) is 19.1 Å². The Morgan fingerprint density at radius 2 is 2.14 bits per heavy atom. The molecule has 2 aliphatic carbocycles. The average Bonchev–Trinajstić information content (AvgIpc) is 3.15. The summed E-state index contributed by atoms with van der Waals surface area (Å²) < 4.78 is 24.4. The van der Waals surface area contributed by atoms with E-state index in [4.69, 9.17) is 9.47 Å². The van der Waals surface area contributed by atoms with E-state index in [-0.39, 0.29) is 47.8 Å². The maximum Gasteiger partial charge on any atom is 0.407 e. The highest BCUT2D eigenvalue weighted by molar-refractivity contribution is 5.75. The number of allylic oxidation sites excluding steroid dienone is 4. The molecule has 1 aromatic carbocycles. The molecule has 0 aromatic heterocycles. The van der Waals surface area contributed by atoms with Crippen LogP contribution in [-0.4, -0.2) is 37.4 Å². The minimum Gasteiger partial charge on any atom is -0.462 e. The van der Waals surface area contributed by atoms with Crippen molar-refractivity contribution in [2.45, 2.75) is 51.7 Å². The van der Waals surface area contributed by atoms with E-state index >= 15 is 0 Å². The molecule has 2 aliphatic heterocycles. The number of fused-ring (bicyclic) bond motifs is 2. The zero-order valence-corrected chi connectivity index (χ0v) is 20.9. The number of carbonyl (C=O) groups excluding carboxylic acids is 2. The standard InChI is InChI=1S/C29H35FN2O4/c1-3-35-29(34)32-23-10-11-24-20(14-23)15-26-27(17(2)36-28(26)33)25(24)12-9-22-8-7-19(16-31-22)18-5-4-6-21(30)13-18/h4-9,12-13,17,20,23-27,31H,3,10-11,14-16H2,1-2H3,(H,32,34)/b12-9+/t17-,20-,23+,24-,25+,26+,27-/m0/s1. The minimum atomic E-state index is -0.360. The second-order valence-electron chi connectivity index (χ2n) is 10.5. The summed E-state index contributed by atoms with van der Waals surface area (Å²) in [7, 11) is 0. The van der Waals surface area contributed by atoms with Gasteiger partial charge in [-0.2, -0.15) is 0 Å². The number of benzene rings is 1. The van der Waals surface area contributed by atoms with Gasteiger partial charge in [0.05, 0.1) is 12.5 Å². The molecule has 4 aliphatic rings. The number of carbonyl (C=O) groups is 2. The van der Waals surface area contributed by atoms with Gasteiger partial charge in [-0.1, -0.05) is 24.3 Å². The molecule has 6 nitrogen and oxygen atoms in total. The number of hydrogen-bond acceptors (Lipinski definition) is 5. The zero-order chi connectivity index (χ0) is 25.2. The van der Waals surface area contributed by atoms with E-state index in [2.05, 4.69) is 22.8 Å². The third kappa shape index (κ3) is 5.06. The summed E-state index contributed by atoms with van der Waals surface area (Å²) in [6.45, 7) is 4.80. The fraction of sp³-hybridized carbons (Fsp3) is 0.517. The first-order valence-electron chi connectivity index (χ1n) is 13.2. The van der Waals surface area contributed by atoms with Crippen LogP contribution in [0.15, 0.2) is 54.3 Å². The van der Waals surface area contributed by atoms with Gasteiger partial charge in [0.15, 0.2) is 0 Å². The van der Waals surface area contributed by atoms with Crippen molar-refractivity contribution in [3.63, 3.8) is 0 Å². The molecule has 192 valence electrons. The number of esters is 1. The van der Waals surface area contributed by atoms with E-state index in [1.807, 2.05) is 25.1 Å². The predicted molar refractivity (Wildman–Crippen MR) is 135 cm³/mol. The SMILES string of the molecule is CCOC(=O)N[C@@H]1CC[C@H]2[C@@H](C1)C[C@H]1C(=O)O[C@@H](C)[C@H]1[C@@H]2/C=C/C1=CC=C(c2cccc(F)c2)CN1. The molecule has 7 atom stereocenters. The van der Waals surface area contributed by atoms with Crippen molar-refractivity contribution in [2.75, 3.05) is 13.2 Å². The molecule has 2 saturated carbocycles. The third-order valence-electron chi connectivity index (χ3n) is 8.39. The van der Waals surface area contributed by atoms with Crippen LogP contribution in [-0.2, 0) is 14.3 Å². The third-order valence-corrected chi connectivity index (χ3v) is 8.39. The molecule has 1 saturated heterocycles. The van der Waals surface area contributed by atoms with Crippen molar-refractivity contribution < 1.29 is 23.5 Å². The van der Waals surface area contributed by atoms with Crippen LogP contribution in [0.1, 0.15) is 45.1 Å². The number of cyclic esters (lactones) is 1. The average molecular weight is 495 g/mol. The van der Waals surface area contributed by atoms with Crippen molar-refractivity contribution in [3.8, 4) is 0 Å². The Labute approximate surface area is 212 Å². The highest BCUT2D eigenvalue weighted by Crippen LogP contribution is 2.53. The predicted octanol–water partition coefficient (Wildman–Crippen LogP) is 4.98. The van der Waals surface area contributed by atoms with Gasteiger partial charge in [-0.3, -0.25) is 4.79 Å².